The van der Waals surface area contributed by atoms with Crippen LogP contribution in [-0.4, -0.2) is 43.5 Å². The number of aryl methyl sites for hydroxylation is 1. The van der Waals surface area contributed by atoms with Gasteiger partial charge in [-0.15, -0.1) is 0 Å². The highest BCUT2D eigenvalue weighted by atomic mass is 16.4. The predicted octanol–water partition coefficient (Wildman–Crippen LogP) is 1.37. The van der Waals surface area contributed by atoms with Crippen LogP contribution >= 0.6 is 0 Å². The number of anilines is 1. The van der Waals surface area contributed by atoms with Crippen molar-refractivity contribution in [1.29, 1.82) is 0 Å². The molecule has 0 saturated heterocycles. The molecule has 0 aromatic carbocycles. The molecule has 2 aromatic rings. The number of aromatic amines is 1. The highest BCUT2D eigenvalue weighted by molar-refractivity contribution is 5.71. The minimum atomic E-state index is -1.08. The number of amides is 1. The summed E-state index contributed by atoms with van der Waals surface area (Å²) in [6.45, 7) is 3.04. The molecule has 24 heavy (non-hydrogen) atoms. The standard InChI is InChI=1S/C14H21N7O3/c1-2-3-4-8-21-11-10(16-9-17-11)12(22)19-13(21)20-18-7-5-6-15-14(23)24/h7,9,15H,2-6,8H2,1H3,(H,16,17)(H,23,24)(H,19,20,22). The molecule has 0 unspecified atom stereocenters. The molecular weight excluding hydrogens is 314 g/mol. The maximum atomic E-state index is 12.0. The molecule has 0 fully saturated rings. The summed E-state index contributed by atoms with van der Waals surface area (Å²) in [4.78, 5) is 33.3. The monoisotopic (exact) mass is 335 g/mol. The van der Waals surface area contributed by atoms with Gasteiger partial charge in [0.05, 0.1) is 6.33 Å². The van der Waals surface area contributed by atoms with Crippen molar-refractivity contribution < 1.29 is 9.90 Å². The lowest BCUT2D eigenvalue weighted by Crippen LogP contribution is -2.22. The fourth-order valence-corrected chi connectivity index (χ4v) is 2.19. The molecule has 0 spiro atoms. The molecule has 0 bridgehead atoms. The van der Waals surface area contributed by atoms with Crippen LogP contribution in [0.25, 0.3) is 11.2 Å². The molecule has 0 aliphatic heterocycles. The first-order chi connectivity index (χ1) is 11.6. The molecule has 0 aliphatic rings. The molecule has 2 rings (SSSR count). The lowest BCUT2D eigenvalue weighted by Gasteiger charge is -2.12. The summed E-state index contributed by atoms with van der Waals surface area (Å²) in [5.74, 6) is 0.318. The van der Waals surface area contributed by atoms with E-state index < -0.39 is 11.7 Å². The number of nitrogens with one attached hydrogen (secondary N) is 3. The molecule has 0 aliphatic carbocycles. The van der Waals surface area contributed by atoms with Crippen LogP contribution in [0.5, 0.6) is 0 Å². The van der Waals surface area contributed by atoms with E-state index in [1.165, 1.54) is 12.5 Å². The summed E-state index contributed by atoms with van der Waals surface area (Å²) in [7, 11) is 0. The van der Waals surface area contributed by atoms with Crippen molar-refractivity contribution in [3.63, 3.8) is 0 Å². The van der Waals surface area contributed by atoms with Gasteiger partial charge in [0, 0.05) is 25.7 Å². The molecule has 0 radical (unpaired) electrons. The second-order valence-corrected chi connectivity index (χ2v) is 5.14. The maximum absolute atomic E-state index is 12.0. The minimum Gasteiger partial charge on any atom is -0.465 e. The van der Waals surface area contributed by atoms with Crippen molar-refractivity contribution in [3.8, 4) is 0 Å². The van der Waals surface area contributed by atoms with Crippen molar-refractivity contribution in [2.75, 3.05) is 12.0 Å². The van der Waals surface area contributed by atoms with Gasteiger partial charge in [0.2, 0.25) is 5.95 Å². The Morgan fingerprint density at radius 2 is 2.33 bits per heavy atom. The van der Waals surface area contributed by atoms with Crippen LogP contribution < -0.4 is 16.3 Å². The number of unbranched alkanes of at least 4 members (excludes halogenated alkanes) is 2. The van der Waals surface area contributed by atoms with Crippen LogP contribution in [0.2, 0.25) is 0 Å². The third-order valence-electron chi connectivity index (χ3n) is 3.34. The Kier molecular flexibility index (Phi) is 6.29. The number of carbonyl (C=O) groups is 1. The summed E-state index contributed by atoms with van der Waals surface area (Å²) < 4.78 is 1.82. The van der Waals surface area contributed by atoms with Gasteiger partial charge in [0.15, 0.2) is 11.2 Å². The number of H-pyrrole nitrogens is 1. The number of hydrogen-bond donors (Lipinski definition) is 4. The van der Waals surface area contributed by atoms with Gasteiger partial charge in [-0.05, 0) is 6.42 Å². The molecule has 10 heteroatoms. The van der Waals surface area contributed by atoms with Gasteiger partial charge in [0.1, 0.15) is 0 Å². The molecule has 2 heterocycles. The van der Waals surface area contributed by atoms with E-state index in [-0.39, 0.29) is 6.54 Å². The number of aromatic nitrogens is 4. The Balaban J connectivity index is 2.12. The number of imidazole rings is 1. The van der Waals surface area contributed by atoms with E-state index in [4.69, 9.17) is 5.11 Å². The van der Waals surface area contributed by atoms with Gasteiger partial charge in [-0.1, -0.05) is 19.8 Å². The van der Waals surface area contributed by atoms with Gasteiger partial charge < -0.3 is 15.4 Å². The first-order valence-corrected chi connectivity index (χ1v) is 7.81. The molecular formula is C14H21N7O3. The fourth-order valence-electron chi connectivity index (χ4n) is 2.19. The summed E-state index contributed by atoms with van der Waals surface area (Å²) >= 11 is 0. The lowest BCUT2D eigenvalue weighted by molar-refractivity contribution is 0.195. The smallest absolute Gasteiger partial charge is 0.404 e. The predicted molar refractivity (Wildman–Crippen MR) is 90.4 cm³/mol. The number of hydrazone groups is 1. The number of hydrogen-bond acceptors (Lipinski definition) is 6. The highest BCUT2D eigenvalue weighted by Crippen LogP contribution is 2.13. The van der Waals surface area contributed by atoms with E-state index in [0.29, 0.717) is 30.1 Å². The summed E-state index contributed by atoms with van der Waals surface area (Å²) in [5, 5.41) is 14.7. The first-order valence-electron chi connectivity index (χ1n) is 7.81. The SMILES string of the molecule is CCCCCn1c(NN=CCCNC(=O)O)nc(=O)c2[nH]cnc21. The average Bonchev–Trinajstić information content (AvgIpc) is 3.03. The van der Waals surface area contributed by atoms with Crippen LogP contribution in [0, 0.1) is 0 Å². The van der Waals surface area contributed by atoms with Crippen molar-refractivity contribution in [2.45, 2.75) is 39.2 Å². The van der Waals surface area contributed by atoms with E-state index in [1.807, 2.05) is 4.57 Å². The normalized spacial score (nSPS) is 11.2. The Labute approximate surface area is 138 Å². The van der Waals surface area contributed by atoms with E-state index in [9.17, 15) is 9.59 Å². The first kappa shape index (κ1) is 17.4. The van der Waals surface area contributed by atoms with Gasteiger partial charge in [-0.25, -0.2) is 15.2 Å². The van der Waals surface area contributed by atoms with Crippen LogP contribution in [0.3, 0.4) is 0 Å². The van der Waals surface area contributed by atoms with Crippen molar-refractivity contribution in [2.24, 2.45) is 5.10 Å². The van der Waals surface area contributed by atoms with Crippen LogP contribution in [0.4, 0.5) is 10.7 Å². The number of carboxylic acid groups (broad SMARTS) is 1. The van der Waals surface area contributed by atoms with E-state index in [0.717, 1.165) is 19.3 Å². The van der Waals surface area contributed by atoms with E-state index in [1.54, 1.807) is 0 Å². The number of nitrogens with zero attached hydrogens (tertiary/aromatic N) is 4. The zero-order valence-electron chi connectivity index (χ0n) is 13.4. The average molecular weight is 335 g/mol. The lowest BCUT2D eigenvalue weighted by atomic mass is 10.2. The Hall–Kier alpha value is -2.91. The Morgan fingerprint density at radius 1 is 1.50 bits per heavy atom. The highest BCUT2D eigenvalue weighted by Gasteiger charge is 2.12. The molecule has 0 atom stereocenters. The number of rotatable bonds is 9. The molecule has 2 aromatic heterocycles. The topological polar surface area (TPSA) is 137 Å². The number of fused-ring (bicyclic) bond motifs is 1. The minimum absolute atomic E-state index is 0.260. The fraction of sp³-hybridized carbons (Fsp3) is 0.500. The molecule has 0 saturated carbocycles. The zero-order valence-corrected chi connectivity index (χ0v) is 13.4. The summed E-state index contributed by atoms with van der Waals surface area (Å²) in [6, 6.07) is 0. The van der Waals surface area contributed by atoms with E-state index in [2.05, 4.69) is 37.7 Å². The van der Waals surface area contributed by atoms with Crippen molar-refractivity contribution in [1.82, 2.24) is 24.8 Å². The molecule has 10 nitrogen and oxygen atoms in total. The Morgan fingerprint density at radius 3 is 3.08 bits per heavy atom. The van der Waals surface area contributed by atoms with Crippen molar-refractivity contribution >= 4 is 29.4 Å². The van der Waals surface area contributed by atoms with Crippen molar-refractivity contribution in [3.05, 3.63) is 16.7 Å². The third-order valence-corrected chi connectivity index (χ3v) is 3.34. The van der Waals surface area contributed by atoms with Crippen LogP contribution in [0.15, 0.2) is 16.2 Å². The van der Waals surface area contributed by atoms with Gasteiger partial charge >= 0.3 is 11.7 Å². The van der Waals surface area contributed by atoms with Crippen LogP contribution in [0.1, 0.15) is 32.6 Å². The Bertz CT molecular complexity index is 765. The zero-order chi connectivity index (χ0) is 17.4. The van der Waals surface area contributed by atoms with Gasteiger partial charge in [-0.2, -0.15) is 10.1 Å². The largest absolute Gasteiger partial charge is 0.465 e. The summed E-state index contributed by atoms with van der Waals surface area (Å²) in [6.07, 6.45) is 5.40. The summed E-state index contributed by atoms with van der Waals surface area (Å²) in [5.41, 5.74) is 3.25. The quantitative estimate of drug-likeness (QED) is 0.310. The molecule has 1 amide bonds. The molecule has 130 valence electrons. The van der Waals surface area contributed by atoms with E-state index >= 15 is 0 Å². The maximum Gasteiger partial charge on any atom is 0.404 e. The third kappa shape index (κ3) is 4.54. The second-order valence-electron chi connectivity index (χ2n) is 5.14. The second kappa shape index (κ2) is 8.65. The van der Waals surface area contributed by atoms with Gasteiger partial charge in [0.25, 0.3) is 0 Å². The van der Waals surface area contributed by atoms with Crippen LogP contribution in [-0.2, 0) is 6.54 Å². The molecule has 4 N–H and O–H groups in total. The van der Waals surface area contributed by atoms with Gasteiger partial charge in [-0.3, -0.25) is 9.36 Å².